The molecule has 0 saturated carbocycles. The zero-order valence-electron chi connectivity index (χ0n) is 13.3. The molecule has 0 bridgehead atoms. The molecule has 0 aliphatic heterocycles. The van der Waals surface area contributed by atoms with Gasteiger partial charge in [-0.25, -0.2) is 8.78 Å². The number of rotatable bonds is 6. The Kier molecular flexibility index (Phi) is 6.01. The monoisotopic (exact) mass is 332 g/mol. The maximum absolute atomic E-state index is 12.8. The molecule has 6 heteroatoms. The molecule has 0 aliphatic rings. The second-order valence-electron chi connectivity index (χ2n) is 5.43. The van der Waals surface area contributed by atoms with Gasteiger partial charge in [0.15, 0.2) is 0 Å². The number of carbonyl (C=O) groups excluding carboxylic acids is 2. The van der Waals surface area contributed by atoms with Gasteiger partial charge in [-0.15, -0.1) is 0 Å². The van der Waals surface area contributed by atoms with Crippen LogP contribution in [0.3, 0.4) is 0 Å². The van der Waals surface area contributed by atoms with Crippen molar-refractivity contribution in [3.05, 3.63) is 65.7 Å². The van der Waals surface area contributed by atoms with Crippen molar-refractivity contribution in [2.24, 2.45) is 0 Å². The van der Waals surface area contributed by atoms with Gasteiger partial charge in [0.1, 0.15) is 11.6 Å². The Hall–Kier alpha value is -2.76. The van der Waals surface area contributed by atoms with E-state index in [1.807, 2.05) is 0 Å². The number of aryl methyl sites for hydroxylation is 1. The normalized spacial score (nSPS) is 10.3. The van der Waals surface area contributed by atoms with Crippen LogP contribution in [0.25, 0.3) is 0 Å². The lowest BCUT2D eigenvalue weighted by atomic mass is 10.1. The third kappa shape index (κ3) is 5.46. The summed E-state index contributed by atoms with van der Waals surface area (Å²) >= 11 is 0. The molecule has 0 atom stereocenters. The largest absolute Gasteiger partial charge is 0.336 e. The molecule has 2 aromatic carbocycles. The third-order valence-corrected chi connectivity index (χ3v) is 3.48. The summed E-state index contributed by atoms with van der Waals surface area (Å²) in [7, 11) is 1.54. The molecule has 0 fully saturated rings. The minimum Gasteiger partial charge on any atom is -0.336 e. The van der Waals surface area contributed by atoms with E-state index in [4.69, 9.17) is 0 Å². The van der Waals surface area contributed by atoms with Gasteiger partial charge >= 0.3 is 0 Å². The smallest absolute Gasteiger partial charge is 0.243 e. The molecule has 0 spiro atoms. The van der Waals surface area contributed by atoms with Gasteiger partial charge in [0.2, 0.25) is 11.8 Å². The summed E-state index contributed by atoms with van der Waals surface area (Å²) in [6.45, 7) is -0.0976. The quantitative estimate of drug-likeness (QED) is 0.884. The van der Waals surface area contributed by atoms with Crippen LogP contribution in [0.1, 0.15) is 12.0 Å². The maximum atomic E-state index is 12.8. The number of carbonyl (C=O) groups is 2. The summed E-state index contributed by atoms with van der Waals surface area (Å²) in [6, 6.07) is 11.3. The Morgan fingerprint density at radius 3 is 2.08 bits per heavy atom. The fourth-order valence-electron chi connectivity index (χ4n) is 2.13. The number of hydrogen-bond acceptors (Lipinski definition) is 2. The molecule has 0 heterocycles. The average molecular weight is 332 g/mol. The van der Waals surface area contributed by atoms with Crippen molar-refractivity contribution < 1.29 is 18.4 Å². The Morgan fingerprint density at radius 2 is 1.50 bits per heavy atom. The topological polar surface area (TPSA) is 49.4 Å². The summed E-state index contributed by atoms with van der Waals surface area (Å²) in [5.74, 6) is -1.26. The van der Waals surface area contributed by atoms with Crippen molar-refractivity contribution in [2.75, 3.05) is 18.9 Å². The molecule has 0 aliphatic carbocycles. The standard InChI is InChI=1S/C18H18F2N2O2/c1-22(12-17(23)21-16-9-7-15(20)8-10-16)18(24)11-4-13-2-5-14(19)6-3-13/h2-3,5-10H,4,11-12H2,1H3,(H,21,23). The van der Waals surface area contributed by atoms with Crippen LogP contribution in [0.15, 0.2) is 48.5 Å². The summed E-state index contributed by atoms with van der Waals surface area (Å²) in [4.78, 5) is 25.2. The second kappa shape index (κ2) is 8.19. The van der Waals surface area contributed by atoms with Gasteiger partial charge in [-0.3, -0.25) is 9.59 Å². The zero-order chi connectivity index (χ0) is 17.5. The number of benzene rings is 2. The minimum atomic E-state index is -0.388. The molecule has 0 unspecified atom stereocenters. The van der Waals surface area contributed by atoms with Crippen LogP contribution >= 0.6 is 0 Å². The average Bonchev–Trinajstić information content (AvgIpc) is 2.56. The van der Waals surface area contributed by atoms with Gasteiger partial charge in [-0.2, -0.15) is 0 Å². The Labute approximate surface area is 139 Å². The lowest BCUT2D eigenvalue weighted by molar-refractivity contribution is -0.133. The van der Waals surface area contributed by atoms with Gasteiger partial charge in [0.05, 0.1) is 6.54 Å². The third-order valence-electron chi connectivity index (χ3n) is 3.48. The first-order valence-corrected chi connectivity index (χ1v) is 7.48. The number of nitrogens with zero attached hydrogens (tertiary/aromatic N) is 1. The fourth-order valence-corrected chi connectivity index (χ4v) is 2.13. The summed E-state index contributed by atoms with van der Waals surface area (Å²) in [5, 5.41) is 2.59. The van der Waals surface area contributed by atoms with E-state index in [-0.39, 0.29) is 36.4 Å². The highest BCUT2D eigenvalue weighted by atomic mass is 19.1. The number of hydrogen-bond donors (Lipinski definition) is 1. The fraction of sp³-hybridized carbons (Fsp3) is 0.222. The molecular formula is C18H18F2N2O2. The van der Waals surface area contributed by atoms with E-state index in [1.165, 1.54) is 48.3 Å². The SMILES string of the molecule is CN(CC(=O)Nc1ccc(F)cc1)C(=O)CCc1ccc(F)cc1. The van der Waals surface area contributed by atoms with E-state index in [0.717, 1.165) is 5.56 Å². The van der Waals surface area contributed by atoms with Crippen molar-refractivity contribution in [1.29, 1.82) is 0 Å². The Bertz CT molecular complexity index is 700. The van der Waals surface area contributed by atoms with Crippen LogP contribution in [0, 0.1) is 11.6 Å². The van der Waals surface area contributed by atoms with Crippen LogP contribution in [0.4, 0.5) is 14.5 Å². The van der Waals surface area contributed by atoms with Crippen molar-refractivity contribution in [1.82, 2.24) is 4.90 Å². The molecule has 24 heavy (non-hydrogen) atoms. The predicted octanol–water partition coefficient (Wildman–Crippen LogP) is 2.99. The zero-order valence-corrected chi connectivity index (χ0v) is 13.3. The van der Waals surface area contributed by atoms with Gasteiger partial charge in [-0.1, -0.05) is 12.1 Å². The highest BCUT2D eigenvalue weighted by Crippen LogP contribution is 2.09. The van der Waals surface area contributed by atoms with Gasteiger partial charge in [0, 0.05) is 19.2 Å². The van der Waals surface area contributed by atoms with E-state index >= 15 is 0 Å². The Balaban J connectivity index is 1.78. The molecule has 126 valence electrons. The van der Waals surface area contributed by atoms with Crippen molar-refractivity contribution >= 4 is 17.5 Å². The van der Waals surface area contributed by atoms with E-state index in [9.17, 15) is 18.4 Å². The highest BCUT2D eigenvalue weighted by molar-refractivity contribution is 5.94. The van der Waals surface area contributed by atoms with Crippen molar-refractivity contribution in [3.8, 4) is 0 Å². The summed E-state index contributed by atoms with van der Waals surface area (Å²) in [6.07, 6.45) is 0.703. The number of likely N-dealkylation sites (N-methyl/N-ethyl adjacent to an activating group) is 1. The summed E-state index contributed by atoms with van der Waals surface area (Å²) < 4.78 is 25.6. The van der Waals surface area contributed by atoms with Crippen LogP contribution in [-0.2, 0) is 16.0 Å². The van der Waals surface area contributed by atoms with E-state index in [2.05, 4.69) is 5.32 Å². The molecule has 0 saturated heterocycles. The van der Waals surface area contributed by atoms with Crippen LogP contribution in [0.2, 0.25) is 0 Å². The second-order valence-corrected chi connectivity index (χ2v) is 5.43. The van der Waals surface area contributed by atoms with Crippen LogP contribution in [0.5, 0.6) is 0 Å². The number of nitrogens with one attached hydrogen (secondary N) is 1. The van der Waals surface area contributed by atoms with Crippen molar-refractivity contribution in [3.63, 3.8) is 0 Å². The maximum Gasteiger partial charge on any atom is 0.243 e. The summed E-state index contributed by atoms with van der Waals surface area (Å²) in [5.41, 5.74) is 1.32. The van der Waals surface area contributed by atoms with Crippen LogP contribution < -0.4 is 5.32 Å². The van der Waals surface area contributed by atoms with Gasteiger partial charge in [-0.05, 0) is 48.4 Å². The molecule has 2 rings (SSSR count). The first-order chi connectivity index (χ1) is 11.4. The molecule has 1 N–H and O–H groups in total. The Morgan fingerprint density at radius 1 is 0.958 bits per heavy atom. The molecule has 4 nitrogen and oxygen atoms in total. The molecular weight excluding hydrogens is 314 g/mol. The number of anilines is 1. The van der Waals surface area contributed by atoms with Gasteiger partial charge < -0.3 is 10.2 Å². The van der Waals surface area contributed by atoms with E-state index < -0.39 is 0 Å². The highest BCUT2D eigenvalue weighted by Gasteiger charge is 2.13. The van der Waals surface area contributed by atoms with Crippen LogP contribution in [-0.4, -0.2) is 30.3 Å². The molecule has 2 aromatic rings. The van der Waals surface area contributed by atoms with Gasteiger partial charge in [0.25, 0.3) is 0 Å². The minimum absolute atomic E-state index is 0.0976. The molecule has 0 radical (unpaired) electrons. The number of amides is 2. The first-order valence-electron chi connectivity index (χ1n) is 7.48. The molecule has 2 amide bonds. The lowest BCUT2D eigenvalue weighted by Crippen LogP contribution is -2.35. The van der Waals surface area contributed by atoms with Crippen molar-refractivity contribution in [2.45, 2.75) is 12.8 Å². The predicted molar refractivity (Wildman–Crippen MR) is 87.4 cm³/mol. The molecule has 0 aromatic heterocycles. The first kappa shape index (κ1) is 17.6. The number of halogens is 2. The lowest BCUT2D eigenvalue weighted by Gasteiger charge is -2.17. The van der Waals surface area contributed by atoms with E-state index in [1.54, 1.807) is 12.1 Å². The van der Waals surface area contributed by atoms with E-state index in [0.29, 0.717) is 12.1 Å².